The van der Waals surface area contributed by atoms with Crippen molar-refractivity contribution in [2.75, 3.05) is 25.6 Å². The highest BCUT2D eigenvalue weighted by Gasteiger charge is 2.01. The number of hydrogen-bond acceptors (Lipinski definition) is 4. The maximum atomic E-state index is 5.69. The van der Waals surface area contributed by atoms with Gasteiger partial charge in [-0.05, 0) is 26.0 Å². The first-order valence-electron chi connectivity index (χ1n) is 5.17. The molecule has 0 amide bonds. The van der Waals surface area contributed by atoms with Crippen molar-refractivity contribution in [1.82, 2.24) is 4.98 Å². The topological polar surface area (TPSA) is 57.4 Å². The van der Waals surface area contributed by atoms with E-state index in [1.54, 1.807) is 0 Å². The van der Waals surface area contributed by atoms with Crippen LogP contribution in [0.15, 0.2) is 12.1 Å². The molecule has 0 bridgehead atoms. The average molecular weight is 210 g/mol. The molecule has 0 saturated carbocycles. The van der Waals surface area contributed by atoms with Gasteiger partial charge in [0.05, 0.1) is 6.61 Å². The van der Waals surface area contributed by atoms with Gasteiger partial charge in [-0.25, -0.2) is 4.98 Å². The number of ether oxygens (including phenoxy) is 2. The predicted molar refractivity (Wildman–Crippen MR) is 60.0 cm³/mol. The number of hydrogen-bond donors (Lipinski definition) is 1. The fourth-order valence-corrected chi connectivity index (χ4v) is 1.17. The number of nitrogens with zero attached hydrogens (tertiary/aromatic N) is 1. The van der Waals surface area contributed by atoms with Crippen molar-refractivity contribution in [3.05, 3.63) is 17.8 Å². The summed E-state index contributed by atoms with van der Waals surface area (Å²) in [5.41, 5.74) is 6.59. The fraction of sp³-hybridized carbons (Fsp3) is 0.545. The van der Waals surface area contributed by atoms with E-state index in [9.17, 15) is 0 Å². The molecule has 0 saturated heterocycles. The number of aryl methyl sites for hydroxylation is 1. The Kier molecular flexibility index (Phi) is 4.90. The first-order valence-corrected chi connectivity index (χ1v) is 5.17. The molecule has 1 aromatic rings. The Morgan fingerprint density at radius 1 is 1.33 bits per heavy atom. The normalized spacial score (nSPS) is 10.3. The molecule has 0 aromatic carbocycles. The van der Waals surface area contributed by atoms with Gasteiger partial charge in [-0.15, -0.1) is 0 Å². The SMILES string of the molecule is CCOCCCOc1ccc(C)nc1N. The number of nitrogen functional groups attached to an aromatic ring is 1. The number of aromatic nitrogens is 1. The van der Waals surface area contributed by atoms with Gasteiger partial charge in [0, 0.05) is 25.3 Å². The van der Waals surface area contributed by atoms with Gasteiger partial charge >= 0.3 is 0 Å². The second-order valence-electron chi connectivity index (χ2n) is 3.23. The number of anilines is 1. The van der Waals surface area contributed by atoms with Crippen molar-refractivity contribution in [1.29, 1.82) is 0 Å². The molecule has 0 aliphatic heterocycles. The number of rotatable bonds is 6. The molecule has 0 aliphatic carbocycles. The lowest BCUT2D eigenvalue weighted by Crippen LogP contribution is -2.05. The zero-order chi connectivity index (χ0) is 11.1. The summed E-state index contributed by atoms with van der Waals surface area (Å²) in [6, 6.07) is 3.73. The van der Waals surface area contributed by atoms with Crippen molar-refractivity contribution in [2.45, 2.75) is 20.3 Å². The van der Waals surface area contributed by atoms with E-state index >= 15 is 0 Å². The van der Waals surface area contributed by atoms with Crippen LogP contribution in [0.2, 0.25) is 0 Å². The van der Waals surface area contributed by atoms with E-state index in [0.29, 0.717) is 18.2 Å². The van der Waals surface area contributed by atoms with Crippen LogP contribution in [0.5, 0.6) is 5.75 Å². The smallest absolute Gasteiger partial charge is 0.166 e. The molecule has 84 valence electrons. The Morgan fingerprint density at radius 2 is 2.13 bits per heavy atom. The molecule has 0 spiro atoms. The summed E-state index contributed by atoms with van der Waals surface area (Å²) in [7, 11) is 0. The van der Waals surface area contributed by atoms with Crippen LogP contribution in [0.1, 0.15) is 19.0 Å². The molecular formula is C11H18N2O2. The van der Waals surface area contributed by atoms with Gasteiger partial charge in [0.25, 0.3) is 0 Å². The molecule has 4 heteroatoms. The molecule has 1 aromatic heterocycles. The largest absolute Gasteiger partial charge is 0.490 e. The van der Waals surface area contributed by atoms with Crippen LogP contribution < -0.4 is 10.5 Å². The Hall–Kier alpha value is -1.29. The van der Waals surface area contributed by atoms with Crippen LogP contribution in [0, 0.1) is 6.92 Å². The van der Waals surface area contributed by atoms with Gasteiger partial charge in [0.2, 0.25) is 0 Å². The molecule has 0 radical (unpaired) electrons. The average Bonchev–Trinajstić information content (AvgIpc) is 2.20. The zero-order valence-corrected chi connectivity index (χ0v) is 9.32. The van der Waals surface area contributed by atoms with Crippen LogP contribution in [0.3, 0.4) is 0 Å². The third-order valence-corrected chi connectivity index (χ3v) is 1.92. The van der Waals surface area contributed by atoms with Crippen molar-refractivity contribution in [3.8, 4) is 5.75 Å². The van der Waals surface area contributed by atoms with Crippen LogP contribution >= 0.6 is 0 Å². The summed E-state index contributed by atoms with van der Waals surface area (Å²) in [5.74, 6) is 1.10. The van der Waals surface area contributed by atoms with Crippen molar-refractivity contribution in [2.24, 2.45) is 0 Å². The van der Waals surface area contributed by atoms with E-state index in [2.05, 4.69) is 4.98 Å². The van der Waals surface area contributed by atoms with E-state index in [1.165, 1.54) is 0 Å². The summed E-state index contributed by atoms with van der Waals surface area (Å²) in [6.45, 7) is 5.94. The molecular weight excluding hydrogens is 192 g/mol. The van der Waals surface area contributed by atoms with Gasteiger partial charge in [0.1, 0.15) is 0 Å². The minimum atomic E-state index is 0.450. The lowest BCUT2D eigenvalue weighted by atomic mass is 10.3. The highest BCUT2D eigenvalue weighted by molar-refractivity contribution is 5.46. The molecule has 0 fully saturated rings. The molecule has 0 aliphatic rings. The monoisotopic (exact) mass is 210 g/mol. The fourth-order valence-electron chi connectivity index (χ4n) is 1.17. The van der Waals surface area contributed by atoms with Crippen LogP contribution in [-0.4, -0.2) is 24.8 Å². The van der Waals surface area contributed by atoms with Gasteiger partial charge in [-0.2, -0.15) is 0 Å². The lowest BCUT2D eigenvalue weighted by Gasteiger charge is -2.08. The van der Waals surface area contributed by atoms with Crippen LogP contribution in [0.25, 0.3) is 0 Å². The maximum Gasteiger partial charge on any atom is 0.166 e. The third kappa shape index (κ3) is 4.16. The van der Waals surface area contributed by atoms with Crippen LogP contribution in [0.4, 0.5) is 5.82 Å². The summed E-state index contributed by atoms with van der Waals surface area (Å²) >= 11 is 0. The first kappa shape index (κ1) is 11.8. The molecule has 15 heavy (non-hydrogen) atoms. The molecule has 0 atom stereocenters. The van der Waals surface area contributed by atoms with Crippen molar-refractivity contribution in [3.63, 3.8) is 0 Å². The predicted octanol–water partition coefficient (Wildman–Crippen LogP) is 1.78. The Morgan fingerprint density at radius 3 is 2.80 bits per heavy atom. The van der Waals surface area contributed by atoms with Crippen LogP contribution in [-0.2, 0) is 4.74 Å². The standard InChI is InChI=1S/C11H18N2O2/c1-3-14-7-4-8-15-10-6-5-9(2)13-11(10)12/h5-6H,3-4,7-8H2,1-2H3,(H2,12,13). The summed E-state index contributed by atoms with van der Waals surface area (Å²) < 4.78 is 10.7. The van der Waals surface area contributed by atoms with E-state index < -0.39 is 0 Å². The van der Waals surface area contributed by atoms with E-state index in [-0.39, 0.29) is 0 Å². The minimum Gasteiger partial charge on any atom is -0.490 e. The molecule has 1 heterocycles. The molecule has 1 rings (SSSR count). The van der Waals surface area contributed by atoms with Crippen molar-refractivity contribution < 1.29 is 9.47 Å². The van der Waals surface area contributed by atoms with E-state index in [0.717, 1.165) is 25.3 Å². The lowest BCUT2D eigenvalue weighted by molar-refractivity contribution is 0.131. The maximum absolute atomic E-state index is 5.69. The quantitative estimate of drug-likeness (QED) is 0.727. The van der Waals surface area contributed by atoms with E-state index in [1.807, 2.05) is 26.0 Å². The highest BCUT2D eigenvalue weighted by atomic mass is 16.5. The molecule has 0 unspecified atom stereocenters. The molecule has 2 N–H and O–H groups in total. The number of nitrogens with two attached hydrogens (primary N) is 1. The number of pyridine rings is 1. The first-order chi connectivity index (χ1) is 7.24. The summed E-state index contributed by atoms with van der Waals surface area (Å²) in [5, 5.41) is 0. The second kappa shape index (κ2) is 6.24. The third-order valence-electron chi connectivity index (χ3n) is 1.92. The molecule has 4 nitrogen and oxygen atoms in total. The second-order valence-corrected chi connectivity index (χ2v) is 3.23. The Balaban J connectivity index is 2.31. The van der Waals surface area contributed by atoms with Gasteiger partial charge in [-0.1, -0.05) is 0 Å². The van der Waals surface area contributed by atoms with Gasteiger partial charge in [0.15, 0.2) is 11.6 Å². The highest BCUT2D eigenvalue weighted by Crippen LogP contribution is 2.18. The summed E-state index contributed by atoms with van der Waals surface area (Å²) in [4.78, 5) is 4.11. The van der Waals surface area contributed by atoms with E-state index in [4.69, 9.17) is 15.2 Å². The van der Waals surface area contributed by atoms with Gasteiger partial charge in [-0.3, -0.25) is 0 Å². The van der Waals surface area contributed by atoms with Crippen molar-refractivity contribution >= 4 is 5.82 Å². The summed E-state index contributed by atoms with van der Waals surface area (Å²) in [6.07, 6.45) is 0.862. The zero-order valence-electron chi connectivity index (χ0n) is 9.32. The Labute approximate surface area is 90.4 Å². The Bertz CT molecular complexity index is 303. The minimum absolute atomic E-state index is 0.450. The van der Waals surface area contributed by atoms with Gasteiger partial charge < -0.3 is 15.2 Å².